The zero-order valence-corrected chi connectivity index (χ0v) is 20.8. The normalized spacial score (nSPS) is 22.5. The minimum Gasteiger partial charge on any atom is -0.495 e. The second-order valence-electron chi connectivity index (χ2n) is 9.57. The van der Waals surface area contributed by atoms with Crippen molar-refractivity contribution in [1.29, 1.82) is 0 Å². The second-order valence-corrected chi connectivity index (χ2v) is 10.0. The van der Waals surface area contributed by atoms with Crippen LogP contribution in [0.5, 0.6) is 5.75 Å². The fourth-order valence-corrected chi connectivity index (χ4v) is 4.80. The second kappa shape index (κ2) is 10.2. The Morgan fingerprint density at radius 1 is 1.26 bits per heavy atom. The molecule has 0 atom stereocenters. The van der Waals surface area contributed by atoms with Crippen molar-refractivity contribution < 1.29 is 28.7 Å². The predicted octanol–water partition coefficient (Wildman–Crippen LogP) is 3.75. The average Bonchev–Trinajstić information content (AvgIpc) is 3.02. The monoisotopic (exact) mass is 493 g/mol. The minimum absolute atomic E-state index is 0.173. The lowest BCUT2D eigenvalue weighted by Crippen LogP contribution is -2.51. The van der Waals surface area contributed by atoms with Crippen LogP contribution < -0.4 is 15.4 Å². The summed E-state index contributed by atoms with van der Waals surface area (Å²) >= 11 is 5.94. The molecule has 0 aromatic heterocycles. The summed E-state index contributed by atoms with van der Waals surface area (Å²) in [5.41, 5.74) is -0.459. The van der Waals surface area contributed by atoms with E-state index in [1.165, 1.54) is 13.2 Å². The molecule has 10 heteroatoms. The highest BCUT2D eigenvalue weighted by atomic mass is 35.5. The van der Waals surface area contributed by atoms with Crippen molar-refractivity contribution in [3.05, 3.63) is 23.2 Å². The van der Waals surface area contributed by atoms with E-state index in [1.807, 2.05) is 0 Å². The molecule has 186 valence electrons. The van der Waals surface area contributed by atoms with Crippen LogP contribution in [0.25, 0.3) is 0 Å². The summed E-state index contributed by atoms with van der Waals surface area (Å²) in [6.07, 6.45) is 3.79. The van der Waals surface area contributed by atoms with Crippen molar-refractivity contribution in [2.24, 2.45) is 11.3 Å². The van der Waals surface area contributed by atoms with Gasteiger partial charge in [0, 0.05) is 5.02 Å². The maximum atomic E-state index is 13.1. The van der Waals surface area contributed by atoms with Gasteiger partial charge in [-0.3, -0.25) is 19.3 Å². The smallest absolute Gasteiger partial charge is 0.326 e. The largest absolute Gasteiger partial charge is 0.495 e. The number of nitrogens with zero attached hydrogens (tertiary/aromatic N) is 1. The van der Waals surface area contributed by atoms with Gasteiger partial charge in [-0.15, -0.1) is 0 Å². The fraction of sp³-hybridized carbons (Fsp3) is 0.583. The number of carbonyl (C=O) groups is 4. The van der Waals surface area contributed by atoms with E-state index in [0.717, 1.165) is 24.2 Å². The third-order valence-electron chi connectivity index (χ3n) is 7.19. The molecule has 1 aromatic carbocycles. The van der Waals surface area contributed by atoms with E-state index in [0.29, 0.717) is 35.2 Å². The van der Waals surface area contributed by atoms with Gasteiger partial charge in [-0.25, -0.2) is 4.79 Å². The van der Waals surface area contributed by atoms with Gasteiger partial charge in [0.25, 0.3) is 11.8 Å². The van der Waals surface area contributed by atoms with Crippen molar-refractivity contribution in [2.45, 2.75) is 58.4 Å². The van der Waals surface area contributed by atoms with Crippen LogP contribution in [0.1, 0.15) is 52.9 Å². The van der Waals surface area contributed by atoms with Gasteiger partial charge in [-0.2, -0.15) is 0 Å². The van der Waals surface area contributed by atoms with E-state index >= 15 is 0 Å². The number of urea groups is 1. The standard InChI is InChI=1S/C24H32ClN3O6/c1-5-23(2,3)15-8-10-24(11-9-15)21(31)28(22(32)27-24)13-20(30)34-14-19(29)26-17-12-16(25)6-7-18(17)33-4/h6-7,12,15H,5,8-11,13-14H2,1-4H3,(H,26,29)(H,27,32). The Bertz CT molecular complexity index is 971. The van der Waals surface area contributed by atoms with E-state index in [4.69, 9.17) is 21.1 Å². The summed E-state index contributed by atoms with van der Waals surface area (Å²) in [6, 6.07) is 4.10. The van der Waals surface area contributed by atoms with Gasteiger partial charge >= 0.3 is 12.0 Å². The molecule has 4 amide bonds. The van der Waals surface area contributed by atoms with Crippen LogP contribution in [0.3, 0.4) is 0 Å². The maximum absolute atomic E-state index is 13.1. The summed E-state index contributed by atoms with van der Waals surface area (Å²) in [6.45, 7) is 5.48. The summed E-state index contributed by atoms with van der Waals surface area (Å²) in [7, 11) is 1.45. The molecule has 1 aliphatic heterocycles. The lowest BCUT2D eigenvalue weighted by Gasteiger charge is -2.42. The van der Waals surface area contributed by atoms with Crippen molar-refractivity contribution in [2.75, 3.05) is 25.6 Å². The Morgan fingerprint density at radius 3 is 2.56 bits per heavy atom. The third kappa shape index (κ3) is 5.46. The quantitative estimate of drug-likeness (QED) is 0.421. The number of ether oxygens (including phenoxy) is 2. The van der Waals surface area contributed by atoms with Crippen molar-refractivity contribution in [3.63, 3.8) is 0 Å². The Kier molecular flexibility index (Phi) is 7.75. The number of hydrogen-bond donors (Lipinski definition) is 2. The number of rotatable bonds is 8. The molecule has 0 radical (unpaired) electrons. The molecule has 1 saturated carbocycles. The molecule has 1 spiro atoms. The van der Waals surface area contributed by atoms with Gasteiger partial charge in [0.1, 0.15) is 17.8 Å². The van der Waals surface area contributed by atoms with E-state index in [1.54, 1.807) is 12.1 Å². The molecule has 2 aliphatic rings. The number of imide groups is 1. The van der Waals surface area contributed by atoms with Gasteiger partial charge < -0.3 is 20.1 Å². The topological polar surface area (TPSA) is 114 Å². The average molecular weight is 494 g/mol. The summed E-state index contributed by atoms with van der Waals surface area (Å²) in [5.74, 6) is -1.00. The fourth-order valence-electron chi connectivity index (χ4n) is 4.62. The van der Waals surface area contributed by atoms with Gasteiger partial charge in [0.05, 0.1) is 12.8 Å². The van der Waals surface area contributed by atoms with Crippen LogP contribution >= 0.6 is 11.6 Å². The highest BCUT2D eigenvalue weighted by Gasteiger charge is 2.53. The highest BCUT2D eigenvalue weighted by molar-refractivity contribution is 6.31. The van der Waals surface area contributed by atoms with Gasteiger partial charge in [0.15, 0.2) is 6.61 Å². The zero-order chi connectivity index (χ0) is 25.1. The molecule has 1 heterocycles. The Balaban J connectivity index is 1.52. The molecule has 0 unspecified atom stereocenters. The molecule has 3 rings (SSSR count). The molecule has 1 saturated heterocycles. The molecule has 0 bridgehead atoms. The van der Waals surface area contributed by atoms with Gasteiger partial charge in [-0.05, 0) is 55.2 Å². The van der Waals surface area contributed by atoms with Crippen LogP contribution in [0.2, 0.25) is 5.02 Å². The number of benzene rings is 1. The molecule has 2 fully saturated rings. The Hall–Kier alpha value is -2.81. The summed E-state index contributed by atoms with van der Waals surface area (Å²) in [5, 5.41) is 5.75. The molecular formula is C24H32ClN3O6. The highest BCUT2D eigenvalue weighted by Crippen LogP contribution is 2.45. The number of carbonyl (C=O) groups excluding carboxylic acids is 4. The van der Waals surface area contributed by atoms with Crippen LogP contribution in [-0.4, -0.2) is 54.5 Å². The van der Waals surface area contributed by atoms with Crippen molar-refractivity contribution in [3.8, 4) is 5.75 Å². The lowest BCUT2D eigenvalue weighted by molar-refractivity contribution is -0.150. The molecule has 1 aliphatic carbocycles. The van der Waals surface area contributed by atoms with Crippen LogP contribution in [-0.2, 0) is 19.1 Å². The predicted molar refractivity (Wildman–Crippen MR) is 127 cm³/mol. The number of halogens is 1. The van der Waals surface area contributed by atoms with E-state index in [9.17, 15) is 19.2 Å². The van der Waals surface area contributed by atoms with Gasteiger partial charge in [-0.1, -0.05) is 38.8 Å². The zero-order valence-electron chi connectivity index (χ0n) is 20.0. The molecule has 9 nitrogen and oxygen atoms in total. The number of amides is 4. The molecule has 1 aromatic rings. The van der Waals surface area contributed by atoms with E-state index < -0.39 is 42.5 Å². The number of esters is 1. The molecule has 2 N–H and O–H groups in total. The van der Waals surface area contributed by atoms with Crippen LogP contribution in [0, 0.1) is 11.3 Å². The molecular weight excluding hydrogens is 462 g/mol. The van der Waals surface area contributed by atoms with E-state index in [-0.39, 0.29) is 5.41 Å². The number of methoxy groups -OCH3 is 1. The molecule has 34 heavy (non-hydrogen) atoms. The first-order chi connectivity index (χ1) is 16.0. The first-order valence-corrected chi connectivity index (χ1v) is 11.8. The van der Waals surface area contributed by atoms with Crippen molar-refractivity contribution in [1.82, 2.24) is 10.2 Å². The van der Waals surface area contributed by atoms with Crippen molar-refractivity contribution >= 4 is 41.1 Å². The lowest BCUT2D eigenvalue weighted by atomic mass is 9.65. The van der Waals surface area contributed by atoms with Gasteiger partial charge in [0.2, 0.25) is 0 Å². The van der Waals surface area contributed by atoms with Crippen LogP contribution in [0.15, 0.2) is 18.2 Å². The number of hydrogen-bond acceptors (Lipinski definition) is 6. The summed E-state index contributed by atoms with van der Waals surface area (Å²) < 4.78 is 10.1. The Morgan fingerprint density at radius 2 is 1.94 bits per heavy atom. The summed E-state index contributed by atoms with van der Waals surface area (Å²) in [4.78, 5) is 50.9. The number of anilines is 1. The number of nitrogens with one attached hydrogen (secondary N) is 2. The SMILES string of the molecule is CCC(C)(C)C1CCC2(CC1)NC(=O)N(CC(=O)OCC(=O)Nc1cc(Cl)ccc1OC)C2=O. The third-order valence-corrected chi connectivity index (χ3v) is 7.42. The maximum Gasteiger partial charge on any atom is 0.326 e. The van der Waals surface area contributed by atoms with E-state index in [2.05, 4.69) is 31.4 Å². The first kappa shape index (κ1) is 25.8. The first-order valence-electron chi connectivity index (χ1n) is 11.4. The van der Waals surface area contributed by atoms with Crippen LogP contribution in [0.4, 0.5) is 10.5 Å². The Labute approximate surface area is 204 Å². The minimum atomic E-state index is -0.960.